The molecule has 14 heavy (non-hydrogen) atoms. The Bertz CT molecular complexity index is 245. The molecular weight excluding hydrogens is 186 g/mol. The Hall–Kier alpha value is -0.950. The molecule has 0 spiro atoms. The van der Waals surface area contributed by atoms with Crippen molar-refractivity contribution in [1.82, 2.24) is 5.32 Å². The molecule has 0 aromatic heterocycles. The Morgan fingerprint density at radius 1 is 1.36 bits per heavy atom. The van der Waals surface area contributed by atoms with E-state index in [9.17, 15) is 8.78 Å². The molecule has 4 heteroatoms. The van der Waals surface area contributed by atoms with E-state index in [0.29, 0.717) is 6.54 Å². The van der Waals surface area contributed by atoms with Crippen LogP contribution < -0.4 is 5.32 Å². The zero-order chi connectivity index (χ0) is 10.7. The second-order valence-electron chi connectivity index (χ2n) is 3.72. The van der Waals surface area contributed by atoms with Crippen molar-refractivity contribution in [2.45, 2.75) is 37.1 Å². The van der Waals surface area contributed by atoms with Crippen LogP contribution in [0.5, 0.6) is 0 Å². The fourth-order valence-electron chi connectivity index (χ4n) is 1.64. The van der Waals surface area contributed by atoms with E-state index in [0.717, 1.165) is 0 Å². The molecule has 0 aromatic rings. The van der Waals surface area contributed by atoms with Crippen molar-refractivity contribution >= 4 is 0 Å². The Morgan fingerprint density at radius 3 is 2.36 bits per heavy atom. The van der Waals surface area contributed by atoms with Gasteiger partial charge >= 0.3 is 0 Å². The van der Waals surface area contributed by atoms with Gasteiger partial charge in [-0.3, -0.25) is 5.32 Å². The monoisotopic (exact) mass is 200 g/mol. The Kier molecular flexibility index (Phi) is 3.22. The van der Waals surface area contributed by atoms with Crippen molar-refractivity contribution in [2.24, 2.45) is 0 Å². The summed E-state index contributed by atoms with van der Waals surface area (Å²) in [5.74, 6) is -2.59. The molecule has 1 rings (SSSR count). The minimum Gasteiger partial charge on any atom is -0.296 e. The second kappa shape index (κ2) is 4.05. The van der Waals surface area contributed by atoms with Gasteiger partial charge in [-0.1, -0.05) is 6.08 Å². The number of nitrogens with zero attached hydrogens (tertiary/aromatic N) is 1. The van der Waals surface area contributed by atoms with Gasteiger partial charge in [0.05, 0.1) is 6.07 Å². The molecule has 0 unspecified atom stereocenters. The average molecular weight is 200 g/mol. The molecule has 1 saturated carbocycles. The summed E-state index contributed by atoms with van der Waals surface area (Å²) in [6.07, 6.45) is 1.65. The lowest BCUT2D eigenvalue weighted by molar-refractivity contribution is -0.0479. The molecule has 78 valence electrons. The Labute approximate surface area is 82.6 Å². The zero-order valence-electron chi connectivity index (χ0n) is 8.02. The number of hydrogen-bond donors (Lipinski definition) is 1. The highest BCUT2D eigenvalue weighted by Gasteiger charge is 2.43. The van der Waals surface area contributed by atoms with Gasteiger partial charge in [-0.2, -0.15) is 5.26 Å². The fraction of sp³-hybridized carbons (Fsp3) is 0.700. The first-order valence-electron chi connectivity index (χ1n) is 4.69. The maximum absolute atomic E-state index is 12.8. The average Bonchev–Trinajstić information content (AvgIpc) is 2.18. The first-order chi connectivity index (χ1) is 6.54. The summed E-state index contributed by atoms with van der Waals surface area (Å²) in [5, 5.41) is 11.9. The van der Waals surface area contributed by atoms with E-state index >= 15 is 0 Å². The molecule has 0 aliphatic heterocycles. The minimum absolute atomic E-state index is 0.204. The van der Waals surface area contributed by atoms with Gasteiger partial charge in [0.25, 0.3) is 0 Å². The van der Waals surface area contributed by atoms with Gasteiger partial charge in [0.15, 0.2) is 0 Å². The van der Waals surface area contributed by atoms with Crippen LogP contribution in [-0.2, 0) is 0 Å². The van der Waals surface area contributed by atoms with Crippen LogP contribution in [0.15, 0.2) is 12.7 Å². The van der Waals surface area contributed by atoms with E-state index in [1.165, 1.54) is 0 Å². The van der Waals surface area contributed by atoms with Gasteiger partial charge in [0, 0.05) is 19.4 Å². The largest absolute Gasteiger partial charge is 0.296 e. The lowest BCUT2D eigenvalue weighted by Gasteiger charge is -2.35. The van der Waals surface area contributed by atoms with Gasteiger partial charge in [0.1, 0.15) is 5.54 Å². The highest BCUT2D eigenvalue weighted by atomic mass is 19.3. The van der Waals surface area contributed by atoms with Crippen LogP contribution in [0.3, 0.4) is 0 Å². The number of nitrogens with one attached hydrogen (secondary N) is 1. The van der Waals surface area contributed by atoms with Gasteiger partial charge < -0.3 is 0 Å². The van der Waals surface area contributed by atoms with Crippen molar-refractivity contribution in [3.8, 4) is 6.07 Å². The van der Waals surface area contributed by atoms with Crippen LogP contribution in [0.1, 0.15) is 25.7 Å². The van der Waals surface area contributed by atoms with E-state index in [2.05, 4.69) is 18.0 Å². The molecule has 1 aliphatic carbocycles. The van der Waals surface area contributed by atoms with Crippen molar-refractivity contribution < 1.29 is 8.78 Å². The topological polar surface area (TPSA) is 35.8 Å². The van der Waals surface area contributed by atoms with E-state index in [1.54, 1.807) is 6.08 Å². The van der Waals surface area contributed by atoms with Gasteiger partial charge in [-0.15, -0.1) is 6.58 Å². The highest BCUT2D eigenvalue weighted by molar-refractivity contribution is 5.11. The van der Waals surface area contributed by atoms with E-state index in [4.69, 9.17) is 5.26 Å². The van der Waals surface area contributed by atoms with Crippen LogP contribution in [0, 0.1) is 11.3 Å². The molecule has 0 amide bonds. The summed E-state index contributed by atoms with van der Waals surface area (Å²) in [4.78, 5) is 0. The van der Waals surface area contributed by atoms with Crippen LogP contribution in [0.4, 0.5) is 8.78 Å². The van der Waals surface area contributed by atoms with Gasteiger partial charge in [0.2, 0.25) is 5.92 Å². The SMILES string of the molecule is C=CCNC1(C#N)CCC(F)(F)CC1. The fourth-order valence-corrected chi connectivity index (χ4v) is 1.64. The van der Waals surface area contributed by atoms with Gasteiger partial charge in [-0.05, 0) is 12.8 Å². The summed E-state index contributed by atoms with van der Waals surface area (Å²) in [6, 6.07) is 2.10. The van der Waals surface area contributed by atoms with Crippen molar-refractivity contribution in [1.29, 1.82) is 5.26 Å². The summed E-state index contributed by atoms with van der Waals surface area (Å²) in [6.45, 7) is 4.00. The van der Waals surface area contributed by atoms with Crippen LogP contribution >= 0.6 is 0 Å². The van der Waals surface area contributed by atoms with Crippen molar-refractivity contribution in [3.05, 3.63) is 12.7 Å². The molecule has 1 fully saturated rings. The molecule has 0 heterocycles. The predicted octanol–water partition coefficient (Wildman–Crippen LogP) is 2.23. The number of nitriles is 1. The third-order valence-corrected chi connectivity index (χ3v) is 2.63. The smallest absolute Gasteiger partial charge is 0.248 e. The second-order valence-corrected chi connectivity index (χ2v) is 3.72. The predicted molar refractivity (Wildman–Crippen MR) is 50.0 cm³/mol. The number of alkyl halides is 2. The lowest BCUT2D eigenvalue weighted by atomic mass is 9.81. The molecule has 0 atom stereocenters. The van der Waals surface area contributed by atoms with Crippen LogP contribution in [0.2, 0.25) is 0 Å². The summed E-state index contributed by atoms with van der Waals surface area (Å²) < 4.78 is 25.7. The first-order valence-corrected chi connectivity index (χ1v) is 4.69. The van der Waals surface area contributed by atoms with E-state index in [1.807, 2.05) is 0 Å². The maximum atomic E-state index is 12.8. The lowest BCUT2D eigenvalue weighted by Crippen LogP contribution is -2.48. The molecule has 1 N–H and O–H groups in total. The number of hydrogen-bond acceptors (Lipinski definition) is 2. The molecule has 0 aromatic carbocycles. The molecule has 0 radical (unpaired) electrons. The Balaban J connectivity index is 2.58. The molecule has 2 nitrogen and oxygen atoms in total. The third kappa shape index (κ3) is 2.52. The third-order valence-electron chi connectivity index (χ3n) is 2.63. The molecule has 0 bridgehead atoms. The standard InChI is InChI=1S/C10H14F2N2/c1-2-7-14-9(8-13)3-5-10(11,12)6-4-9/h2,14H,1,3-7H2. The van der Waals surface area contributed by atoms with Crippen LogP contribution in [-0.4, -0.2) is 18.0 Å². The molecule has 1 aliphatic rings. The van der Waals surface area contributed by atoms with Crippen molar-refractivity contribution in [3.63, 3.8) is 0 Å². The minimum atomic E-state index is -2.59. The number of rotatable bonds is 3. The van der Waals surface area contributed by atoms with E-state index < -0.39 is 11.5 Å². The van der Waals surface area contributed by atoms with E-state index in [-0.39, 0.29) is 25.7 Å². The van der Waals surface area contributed by atoms with Crippen molar-refractivity contribution in [2.75, 3.05) is 6.54 Å². The first kappa shape index (κ1) is 11.1. The van der Waals surface area contributed by atoms with Crippen LogP contribution in [0.25, 0.3) is 0 Å². The molecule has 0 saturated heterocycles. The van der Waals surface area contributed by atoms with Gasteiger partial charge in [-0.25, -0.2) is 8.78 Å². The maximum Gasteiger partial charge on any atom is 0.248 e. The quantitative estimate of drug-likeness (QED) is 0.709. The zero-order valence-corrected chi connectivity index (χ0v) is 8.02. The Morgan fingerprint density at radius 2 is 1.93 bits per heavy atom. The normalized spacial score (nSPS) is 23.8. The highest BCUT2D eigenvalue weighted by Crippen LogP contribution is 2.38. The molecular formula is C10H14F2N2. The summed E-state index contributed by atoms with van der Waals surface area (Å²) in [7, 11) is 0. The summed E-state index contributed by atoms with van der Waals surface area (Å²) >= 11 is 0. The number of halogens is 2. The summed E-state index contributed by atoms with van der Waals surface area (Å²) in [5.41, 5.74) is -0.768.